The van der Waals surface area contributed by atoms with Crippen LogP contribution < -0.4 is 5.73 Å². The Balaban J connectivity index is 0.00000324. The zero-order valence-electron chi connectivity index (χ0n) is 11.4. The highest BCUT2D eigenvalue weighted by molar-refractivity contribution is 7.90. The van der Waals surface area contributed by atoms with Crippen LogP contribution in [0.25, 0.3) is 0 Å². The van der Waals surface area contributed by atoms with E-state index in [1.165, 1.54) is 0 Å². The first kappa shape index (κ1) is 18.6. The van der Waals surface area contributed by atoms with Gasteiger partial charge in [0, 0.05) is 32.6 Å². The monoisotopic (exact) mass is 314 g/mol. The number of sulfone groups is 1. The van der Waals surface area contributed by atoms with Crippen LogP contribution in [0.2, 0.25) is 0 Å². The number of nitrogens with two attached hydrogens (primary N) is 1. The summed E-state index contributed by atoms with van der Waals surface area (Å²) in [4.78, 5) is 13.7. The number of nitrogens with zero attached hydrogens (tertiary/aromatic N) is 1. The van der Waals surface area contributed by atoms with E-state index in [4.69, 9.17) is 10.5 Å². The Morgan fingerprint density at radius 3 is 2.42 bits per heavy atom. The summed E-state index contributed by atoms with van der Waals surface area (Å²) in [5, 5.41) is 0. The van der Waals surface area contributed by atoms with Gasteiger partial charge in [-0.3, -0.25) is 4.79 Å². The molecule has 1 aliphatic rings. The molecular formula is C11H23ClN2O4S. The summed E-state index contributed by atoms with van der Waals surface area (Å²) < 4.78 is 27.3. The van der Waals surface area contributed by atoms with Gasteiger partial charge in [0.2, 0.25) is 5.91 Å². The molecule has 1 saturated heterocycles. The van der Waals surface area contributed by atoms with Gasteiger partial charge >= 0.3 is 0 Å². The molecule has 0 saturated carbocycles. The van der Waals surface area contributed by atoms with Crippen LogP contribution in [0.15, 0.2) is 0 Å². The molecule has 1 fully saturated rings. The van der Waals surface area contributed by atoms with Crippen LogP contribution in [-0.4, -0.2) is 63.6 Å². The van der Waals surface area contributed by atoms with Crippen molar-refractivity contribution >= 4 is 28.2 Å². The summed E-state index contributed by atoms with van der Waals surface area (Å²) in [6.45, 7) is 1.31. The van der Waals surface area contributed by atoms with Crippen molar-refractivity contribution in [1.29, 1.82) is 0 Å². The molecule has 0 aromatic carbocycles. The maximum absolute atomic E-state index is 12.0. The Morgan fingerprint density at radius 1 is 1.42 bits per heavy atom. The van der Waals surface area contributed by atoms with Crippen molar-refractivity contribution in [2.24, 2.45) is 5.73 Å². The number of hydrogen-bond donors (Lipinski definition) is 1. The first-order valence-corrected chi connectivity index (χ1v) is 8.15. The van der Waals surface area contributed by atoms with Gasteiger partial charge in [0.1, 0.15) is 9.84 Å². The fraction of sp³-hybridized carbons (Fsp3) is 0.909. The van der Waals surface area contributed by atoms with Gasteiger partial charge in [0.25, 0.3) is 0 Å². The highest BCUT2D eigenvalue weighted by atomic mass is 35.5. The van der Waals surface area contributed by atoms with Crippen molar-refractivity contribution < 1.29 is 17.9 Å². The number of amides is 1. The lowest BCUT2D eigenvalue weighted by molar-refractivity contribution is -0.135. The Bertz CT molecular complexity index is 382. The average molecular weight is 315 g/mol. The second kappa shape index (κ2) is 8.04. The molecule has 1 unspecified atom stereocenters. The van der Waals surface area contributed by atoms with Crippen LogP contribution in [0.4, 0.5) is 0 Å². The Kier molecular flexibility index (Phi) is 7.88. The predicted octanol–water partition coefficient (Wildman–Crippen LogP) is -0.192. The number of halogens is 1. The van der Waals surface area contributed by atoms with Crippen LogP contribution >= 0.6 is 12.4 Å². The van der Waals surface area contributed by atoms with Crippen LogP contribution in [0.5, 0.6) is 0 Å². The molecule has 0 aliphatic carbocycles. The topological polar surface area (TPSA) is 89.7 Å². The minimum absolute atomic E-state index is 0. The highest BCUT2D eigenvalue weighted by Gasteiger charge is 2.26. The summed E-state index contributed by atoms with van der Waals surface area (Å²) in [6, 6.07) is -0.594. The van der Waals surface area contributed by atoms with E-state index in [0.717, 1.165) is 19.1 Å². The number of hydrogen-bond acceptors (Lipinski definition) is 5. The van der Waals surface area contributed by atoms with Gasteiger partial charge < -0.3 is 15.4 Å². The van der Waals surface area contributed by atoms with E-state index >= 15 is 0 Å². The van der Waals surface area contributed by atoms with Gasteiger partial charge in [-0.2, -0.15) is 0 Å². The van der Waals surface area contributed by atoms with Crippen molar-refractivity contribution in [1.82, 2.24) is 4.90 Å². The van der Waals surface area contributed by atoms with Crippen molar-refractivity contribution in [3.63, 3.8) is 0 Å². The summed E-state index contributed by atoms with van der Waals surface area (Å²) in [7, 11) is -1.35. The standard InChI is InChI=1S/C11H22N2O4S.ClH/c1-13(9-3-6-17-7-4-9)11(14)10(12)5-8-18(2,15)16;/h9-10H,3-8,12H2,1-2H3;1H. The maximum atomic E-state index is 12.0. The average Bonchev–Trinajstić information content (AvgIpc) is 2.34. The number of carbonyl (C=O) groups is 1. The van der Waals surface area contributed by atoms with Crippen LogP contribution in [0.3, 0.4) is 0 Å². The first-order valence-electron chi connectivity index (χ1n) is 6.09. The van der Waals surface area contributed by atoms with E-state index in [2.05, 4.69) is 0 Å². The lowest BCUT2D eigenvalue weighted by Gasteiger charge is -2.32. The quantitative estimate of drug-likeness (QED) is 0.759. The number of rotatable bonds is 5. The summed E-state index contributed by atoms with van der Waals surface area (Å²) in [5.74, 6) is -0.243. The van der Waals surface area contributed by atoms with Crippen molar-refractivity contribution in [2.75, 3.05) is 32.3 Å². The number of carbonyl (C=O) groups excluding carboxylic acids is 1. The summed E-state index contributed by atoms with van der Waals surface area (Å²) in [5.41, 5.74) is 5.75. The normalized spacial score (nSPS) is 18.5. The summed E-state index contributed by atoms with van der Waals surface area (Å²) in [6.07, 6.45) is 2.93. The highest BCUT2D eigenvalue weighted by Crippen LogP contribution is 2.14. The molecule has 1 heterocycles. The van der Waals surface area contributed by atoms with E-state index in [1.807, 2.05) is 0 Å². The van der Waals surface area contributed by atoms with E-state index in [0.29, 0.717) is 13.2 Å². The van der Waals surface area contributed by atoms with E-state index in [-0.39, 0.29) is 36.5 Å². The van der Waals surface area contributed by atoms with Crippen LogP contribution in [-0.2, 0) is 19.4 Å². The molecule has 6 nitrogen and oxygen atoms in total. The molecule has 1 rings (SSSR count). The van der Waals surface area contributed by atoms with Gasteiger partial charge in [-0.1, -0.05) is 0 Å². The van der Waals surface area contributed by atoms with Gasteiger partial charge in [0.15, 0.2) is 0 Å². The van der Waals surface area contributed by atoms with Gasteiger partial charge in [0.05, 0.1) is 11.8 Å². The molecule has 8 heteroatoms. The number of ether oxygens (including phenoxy) is 1. The maximum Gasteiger partial charge on any atom is 0.239 e. The largest absolute Gasteiger partial charge is 0.381 e. The smallest absolute Gasteiger partial charge is 0.239 e. The SMILES string of the molecule is CN(C(=O)C(N)CCS(C)(=O)=O)C1CCOCC1.Cl. The van der Waals surface area contributed by atoms with E-state index < -0.39 is 15.9 Å². The molecule has 0 aromatic rings. The number of likely N-dealkylation sites (N-methyl/N-ethyl adjacent to an activating group) is 1. The third kappa shape index (κ3) is 6.56. The zero-order valence-corrected chi connectivity index (χ0v) is 13.0. The van der Waals surface area contributed by atoms with Crippen molar-refractivity contribution in [2.45, 2.75) is 31.3 Å². The second-order valence-corrected chi connectivity index (χ2v) is 7.08. The molecule has 1 atom stereocenters. The van der Waals surface area contributed by atoms with Crippen molar-refractivity contribution in [3.8, 4) is 0 Å². The fourth-order valence-electron chi connectivity index (χ4n) is 1.98. The molecule has 1 aliphatic heterocycles. The van der Waals surface area contributed by atoms with Crippen molar-refractivity contribution in [3.05, 3.63) is 0 Å². The summed E-state index contributed by atoms with van der Waals surface area (Å²) >= 11 is 0. The molecule has 0 aromatic heterocycles. The first-order chi connectivity index (χ1) is 8.31. The molecule has 0 bridgehead atoms. The minimum Gasteiger partial charge on any atom is -0.381 e. The molecule has 19 heavy (non-hydrogen) atoms. The molecule has 0 spiro atoms. The van der Waals surface area contributed by atoms with Gasteiger partial charge in [-0.25, -0.2) is 8.42 Å². The van der Waals surface area contributed by atoms with E-state index in [9.17, 15) is 13.2 Å². The molecule has 114 valence electrons. The molecular weight excluding hydrogens is 292 g/mol. The van der Waals surface area contributed by atoms with E-state index in [1.54, 1.807) is 11.9 Å². The minimum atomic E-state index is -3.07. The second-order valence-electron chi connectivity index (χ2n) is 4.82. The Hall–Kier alpha value is -0.370. The Morgan fingerprint density at radius 2 is 1.95 bits per heavy atom. The van der Waals surface area contributed by atoms with Gasteiger partial charge in [-0.05, 0) is 19.3 Å². The lowest BCUT2D eigenvalue weighted by atomic mass is 10.1. The molecule has 1 amide bonds. The zero-order chi connectivity index (χ0) is 13.8. The van der Waals surface area contributed by atoms with Crippen LogP contribution in [0.1, 0.15) is 19.3 Å². The van der Waals surface area contributed by atoms with Crippen LogP contribution in [0, 0.1) is 0 Å². The predicted molar refractivity (Wildman–Crippen MR) is 76.2 cm³/mol. The fourth-order valence-corrected chi connectivity index (χ4v) is 2.66. The Labute approximate surface area is 121 Å². The molecule has 0 radical (unpaired) electrons. The molecule has 2 N–H and O–H groups in total. The third-order valence-corrected chi connectivity index (χ3v) is 4.18. The third-order valence-electron chi connectivity index (χ3n) is 3.20. The van der Waals surface area contributed by atoms with Gasteiger partial charge in [-0.15, -0.1) is 12.4 Å². The lowest BCUT2D eigenvalue weighted by Crippen LogP contribution is -2.48.